The highest BCUT2D eigenvalue weighted by molar-refractivity contribution is 5.91. The first-order valence-corrected chi connectivity index (χ1v) is 7.16. The van der Waals surface area contributed by atoms with Crippen LogP contribution in [-0.4, -0.2) is 36.3 Å². The fourth-order valence-corrected chi connectivity index (χ4v) is 1.70. The summed E-state index contributed by atoms with van der Waals surface area (Å²) in [5, 5.41) is 9.65. The lowest BCUT2D eigenvalue weighted by Crippen LogP contribution is -2.23. The van der Waals surface area contributed by atoms with Crippen LogP contribution in [0.1, 0.15) is 36.3 Å². The zero-order valence-corrected chi connectivity index (χ0v) is 13.9. The fraction of sp³-hybridized carbons (Fsp3) is 0.333. The van der Waals surface area contributed by atoms with Crippen molar-refractivity contribution in [2.75, 3.05) is 14.1 Å². The summed E-state index contributed by atoms with van der Waals surface area (Å²) >= 11 is 0. The molecule has 118 valence electrons. The van der Waals surface area contributed by atoms with E-state index >= 15 is 0 Å². The van der Waals surface area contributed by atoms with Crippen LogP contribution in [0.3, 0.4) is 0 Å². The van der Waals surface area contributed by atoms with E-state index in [1.165, 1.54) is 6.42 Å². The van der Waals surface area contributed by atoms with Crippen LogP contribution in [0.4, 0.5) is 0 Å². The molecule has 1 atom stereocenters. The molecular weight excluding hydrogens is 274 g/mol. The van der Waals surface area contributed by atoms with E-state index in [-0.39, 0.29) is 0 Å². The molecule has 0 amide bonds. The van der Waals surface area contributed by atoms with E-state index in [1.807, 2.05) is 6.07 Å². The first-order chi connectivity index (χ1) is 10.5. The molecule has 0 radical (unpaired) electrons. The van der Waals surface area contributed by atoms with Gasteiger partial charge in [-0.05, 0) is 39.6 Å². The van der Waals surface area contributed by atoms with Crippen LogP contribution >= 0.6 is 0 Å². The van der Waals surface area contributed by atoms with Crippen LogP contribution in [0, 0.1) is 11.3 Å². The molecule has 4 heteroatoms. The molecule has 0 saturated heterocycles. The van der Waals surface area contributed by atoms with Gasteiger partial charge < -0.3 is 9.88 Å². The quantitative estimate of drug-likeness (QED) is 0.688. The second-order valence-electron chi connectivity index (χ2n) is 4.95. The summed E-state index contributed by atoms with van der Waals surface area (Å²) in [7, 11) is 4.21. The van der Waals surface area contributed by atoms with Crippen LogP contribution < -0.4 is 0 Å². The molecule has 4 nitrogen and oxygen atoms in total. The number of benzene rings is 1. The number of para-hydroxylation sites is 1. The Hall–Kier alpha value is -2.38. The molecule has 1 aromatic carbocycles. The number of nitrogens with one attached hydrogen (secondary N) is 1. The second-order valence-corrected chi connectivity index (χ2v) is 4.95. The van der Waals surface area contributed by atoms with Gasteiger partial charge in [-0.15, -0.1) is 13.2 Å². The summed E-state index contributed by atoms with van der Waals surface area (Å²) < 4.78 is 0. The van der Waals surface area contributed by atoms with Crippen LogP contribution in [0.25, 0.3) is 10.9 Å². The van der Waals surface area contributed by atoms with E-state index in [0.717, 1.165) is 23.2 Å². The van der Waals surface area contributed by atoms with E-state index in [4.69, 9.17) is 5.26 Å². The first-order valence-electron chi connectivity index (χ1n) is 7.16. The maximum absolute atomic E-state index is 10.5. The van der Waals surface area contributed by atoms with E-state index in [2.05, 4.69) is 57.1 Å². The van der Waals surface area contributed by atoms with Crippen LogP contribution in [-0.2, 0) is 0 Å². The molecule has 0 aliphatic carbocycles. The van der Waals surface area contributed by atoms with Gasteiger partial charge in [0.1, 0.15) is 6.07 Å². The van der Waals surface area contributed by atoms with Gasteiger partial charge >= 0.3 is 0 Å². The van der Waals surface area contributed by atoms with Crippen molar-refractivity contribution < 1.29 is 4.79 Å². The Morgan fingerprint density at radius 3 is 2.45 bits per heavy atom. The van der Waals surface area contributed by atoms with Crippen molar-refractivity contribution >= 4 is 17.2 Å². The number of fused-ring (bicyclic) bond motifs is 1. The van der Waals surface area contributed by atoms with Gasteiger partial charge in [-0.2, -0.15) is 5.26 Å². The summed E-state index contributed by atoms with van der Waals surface area (Å²) in [5.74, 6) is 0. The highest BCUT2D eigenvalue weighted by Crippen LogP contribution is 2.17. The minimum absolute atomic E-state index is 0.498. The Bertz CT molecular complexity index is 623. The maximum atomic E-state index is 10.5. The smallest absolute Gasteiger partial charge is 0.166 e. The fourth-order valence-electron chi connectivity index (χ4n) is 1.70. The molecule has 1 aromatic heterocycles. The zero-order valence-electron chi connectivity index (χ0n) is 13.9. The lowest BCUT2D eigenvalue weighted by atomic mass is 10.2. The highest BCUT2D eigenvalue weighted by Gasteiger charge is 2.03. The summed E-state index contributed by atoms with van der Waals surface area (Å²) in [5.41, 5.74) is 1.79. The van der Waals surface area contributed by atoms with Crippen molar-refractivity contribution in [1.29, 1.82) is 5.26 Å². The molecule has 22 heavy (non-hydrogen) atoms. The molecule has 0 aliphatic heterocycles. The van der Waals surface area contributed by atoms with Gasteiger partial charge in [-0.3, -0.25) is 4.79 Å². The molecular formula is C18H25N3O. The minimum atomic E-state index is 0.498. The average molecular weight is 299 g/mol. The highest BCUT2D eigenvalue weighted by atomic mass is 16.1. The largest absolute Gasteiger partial charge is 0.351 e. The van der Waals surface area contributed by atoms with Crippen molar-refractivity contribution in [3.05, 3.63) is 48.7 Å². The summed E-state index contributed by atoms with van der Waals surface area (Å²) in [6, 6.07) is 9.89. The first kappa shape index (κ1) is 19.6. The van der Waals surface area contributed by atoms with Gasteiger partial charge in [0.05, 0.1) is 16.8 Å². The Morgan fingerprint density at radius 1 is 1.41 bits per heavy atom. The molecule has 0 saturated carbocycles. The number of hydrogen-bond acceptors (Lipinski definition) is 3. The zero-order chi connectivity index (χ0) is 17.1. The minimum Gasteiger partial charge on any atom is -0.351 e. The van der Waals surface area contributed by atoms with Gasteiger partial charge in [0, 0.05) is 11.4 Å². The molecule has 0 bridgehead atoms. The Morgan fingerprint density at radius 2 is 2.05 bits per heavy atom. The molecule has 1 N–H and O–H groups in total. The number of carbonyl (C=O) groups is 1. The second kappa shape index (κ2) is 10.4. The number of H-pyrrole nitrogens is 1. The maximum Gasteiger partial charge on any atom is 0.166 e. The Labute approximate surface area is 133 Å². The van der Waals surface area contributed by atoms with Gasteiger partial charge in [-0.1, -0.05) is 19.1 Å². The van der Waals surface area contributed by atoms with E-state index in [0.29, 0.717) is 11.3 Å². The molecule has 0 fully saturated rings. The number of aromatic nitrogens is 1. The number of hydrogen-bond donors (Lipinski definition) is 1. The van der Waals surface area contributed by atoms with Gasteiger partial charge in [-0.25, -0.2) is 0 Å². The summed E-state index contributed by atoms with van der Waals surface area (Å²) in [6.07, 6.45) is 1.98. The number of carbonyl (C=O) groups excluding carboxylic acids is 1. The lowest BCUT2D eigenvalue weighted by molar-refractivity contribution is 0.112. The Balaban J connectivity index is 0.000000421. The van der Waals surface area contributed by atoms with E-state index in [1.54, 1.807) is 18.2 Å². The standard InChI is InChI=1S/C10H6N2O.C6H15N.C2H4/c11-5-8-3-1-2-7-4-9(6-13)12-10(7)8;1-5-6(2)7(3)4;1-2/h1-4,6,12H;6H,5H2,1-4H3;1-2H2. The van der Waals surface area contributed by atoms with Crippen molar-refractivity contribution in [3.8, 4) is 6.07 Å². The molecule has 1 unspecified atom stereocenters. The van der Waals surface area contributed by atoms with Crippen molar-refractivity contribution in [2.45, 2.75) is 26.3 Å². The number of aldehydes is 1. The average Bonchev–Trinajstić information content (AvgIpc) is 2.99. The molecule has 2 aromatic rings. The predicted octanol–water partition coefficient (Wildman–Crippen LogP) is 4.00. The van der Waals surface area contributed by atoms with Crippen molar-refractivity contribution in [3.63, 3.8) is 0 Å². The number of aromatic amines is 1. The third-order valence-electron chi connectivity index (χ3n) is 3.40. The van der Waals surface area contributed by atoms with Crippen LogP contribution in [0.5, 0.6) is 0 Å². The monoisotopic (exact) mass is 299 g/mol. The lowest BCUT2D eigenvalue weighted by Gasteiger charge is -2.16. The Kier molecular flexibility index (Phi) is 9.24. The predicted molar refractivity (Wildman–Crippen MR) is 93.1 cm³/mol. The molecule has 2 rings (SSSR count). The third kappa shape index (κ3) is 5.55. The number of nitrogens with zero attached hydrogens (tertiary/aromatic N) is 2. The number of nitriles is 1. The third-order valence-corrected chi connectivity index (χ3v) is 3.40. The molecule has 0 aliphatic rings. The summed E-state index contributed by atoms with van der Waals surface area (Å²) in [6.45, 7) is 10.4. The van der Waals surface area contributed by atoms with Gasteiger partial charge in [0.2, 0.25) is 0 Å². The van der Waals surface area contributed by atoms with E-state index < -0.39 is 0 Å². The van der Waals surface area contributed by atoms with Crippen molar-refractivity contribution in [1.82, 2.24) is 9.88 Å². The van der Waals surface area contributed by atoms with Gasteiger partial charge in [0.15, 0.2) is 6.29 Å². The van der Waals surface area contributed by atoms with Gasteiger partial charge in [0.25, 0.3) is 0 Å². The van der Waals surface area contributed by atoms with Crippen LogP contribution in [0.15, 0.2) is 37.4 Å². The number of rotatable bonds is 3. The molecule has 1 heterocycles. The summed E-state index contributed by atoms with van der Waals surface area (Å²) in [4.78, 5) is 15.6. The van der Waals surface area contributed by atoms with E-state index in [9.17, 15) is 4.79 Å². The molecule has 0 spiro atoms. The van der Waals surface area contributed by atoms with Crippen LogP contribution in [0.2, 0.25) is 0 Å². The SMILES string of the molecule is C=C.CCC(C)N(C)C.N#Cc1cccc2cc(C=O)[nH]c12. The topological polar surface area (TPSA) is 59.9 Å². The normalized spacial score (nSPS) is 10.7. The van der Waals surface area contributed by atoms with Crippen molar-refractivity contribution in [2.24, 2.45) is 0 Å².